The predicted octanol–water partition coefficient (Wildman–Crippen LogP) is 9.00. The van der Waals surface area contributed by atoms with Crippen molar-refractivity contribution in [2.24, 2.45) is 0 Å². The van der Waals surface area contributed by atoms with Gasteiger partial charge in [0.2, 0.25) is 19.7 Å². The molecule has 1 spiro atoms. The lowest BCUT2D eigenvalue weighted by Gasteiger charge is -2.31. The molecular weight excluding hydrogens is 643 g/mol. The fraction of sp³-hybridized carbons (Fsp3) is 0.0270. The smallest absolute Gasteiger partial charge is 0.206 e. The van der Waals surface area contributed by atoms with Crippen molar-refractivity contribution in [3.63, 3.8) is 0 Å². The quantitative estimate of drug-likeness (QED) is 0.188. The van der Waals surface area contributed by atoms with Gasteiger partial charge in [0.05, 0.1) is 25.0 Å². The molecule has 0 saturated heterocycles. The Morgan fingerprint density at radius 2 is 0.711 bits per heavy atom. The van der Waals surface area contributed by atoms with Gasteiger partial charge in [-0.15, -0.1) is 0 Å². The van der Waals surface area contributed by atoms with E-state index in [1.807, 2.05) is 36.4 Å². The molecule has 0 N–H and O–H groups in total. The third kappa shape index (κ3) is 3.96. The third-order valence-electron chi connectivity index (χ3n) is 8.90. The molecule has 0 atom stereocenters. The molecule has 0 heterocycles. The number of hydrogen-bond acceptors (Lipinski definition) is 4. The van der Waals surface area contributed by atoms with Crippen molar-refractivity contribution >= 4 is 42.9 Å². The van der Waals surface area contributed by atoms with Gasteiger partial charge in [0.15, 0.2) is 0 Å². The molecule has 6 aromatic carbocycles. The minimum atomic E-state index is -3.90. The Morgan fingerprint density at radius 3 is 1.11 bits per heavy atom. The van der Waals surface area contributed by atoms with Gasteiger partial charge in [0, 0.05) is 10.0 Å². The van der Waals surface area contributed by atoms with Crippen molar-refractivity contribution in [2.45, 2.75) is 25.0 Å². The zero-order valence-electron chi connectivity index (χ0n) is 23.4. The van der Waals surface area contributed by atoms with Crippen molar-refractivity contribution in [3.05, 3.63) is 166 Å². The normalized spacial score (nSPS) is 14.1. The Hall–Kier alpha value is -4.20. The molecule has 220 valence electrons. The number of rotatable bonds is 4. The maximum absolute atomic E-state index is 13.9. The van der Waals surface area contributed by atoms with Crippen LogP contribution in [0.25, 0.3) is 22.3 Å². The van der Waals surface area contributed by atoms with Crippen molar-refractivity contribution in [1.82, 2.24) is 0 Å². The van der Waals surface area contributed by atoms with Gasteiger partial charge >= 0.3 is 0 Å². The Balaban J connectivity index is 1.43. The summed E-state index contributed by atoms with van der Waals surface area (Å²) >= 11 is 12.1. The van der Waals surface area contributed by atoms with Gasteiger partial charge in [-0.05, 0) is 117 Å². The van der Waals surface area contributed by atoms with E-state index in [4.69, 9.17) is 23.2 Å². The van der Waals surface area contributed by atoms with E-state index in [1.165, 1.54) is 24.3 Å². The van der Waals surface area contributed by atoms with Crippen LogP contribution in [0.5, 0.6) is 0 Å². The Morgan fingerprint density at radius 1 is 0.378 bits per heavy atom. The zero-order chi connectivity index (χ0) is 31.1. The highest BCUT2D eigenvalue weighted by molar-refractivity contribution is 7.91. The average Bonchev–Trinajstić information content (AvgIpc) is 3.52. The number of hydrogen-bond donors (Lipinski definition) is 0. The molecule has 0 bridgehead atoms. The van der Waals surface area contributed by atoms with Crippen LogP contribution in [0.15, 0.2) is 153 Å². The summed E-state index contributed by atoms with van der Waals surface area (Å²) in [5.74, 6) is 0. The lowest BCUT2D eigenvalue weighted by Crippen LogP contribution is -2.26. The molecule has 4 nitrogen and oxygen atoms in total. The summed E-state index contributed by atoms with van der Waals surface area (Å²) in [5, 5.41) is 0.890. The highest BCUT2D eigenvalue weighted by atomic mass is 35.5. The highest BCUT2D eigenvalue weighted by Crippen LogP contribution is 2.63. The molecule has 0 aliphatic heterocycles. The van der Waals surface area contributed by atoms with E-state index in [0.29, 0.717) is 10.0 Å². The summed E-state index contributed by atoms with van der Waals surface area (Å²) in [6.07, 6.45) is 0. The van der Waals surface area contributed by atoms with Crippen molar-refractivity contribution in [1.29, 1.82) is 0 Å². The highest BCUT2D eigenvalue weighted by Gasteiger charge is 2.52. The number of benzene rings is 6. The zero-order valence-corrected chi connectivity index (χ0v) is 26.6. The summed E-state index contributed by atoms with van der Waals surface area (Å²) in [6, 6.07) is 38.8. The monoisotopic (exact) mass is 664 g/mol. The first-order chi connectivity index (χ1) is 21.6. The SMILES string of the molecule is O=S(=O)(c1ccc(Cl)cc1)c1ccc2c(c1)C1(c3ccccc3-c3ccccc31)c1cc(S(=O)(=O)c3ccc(Cl)cc3)ccc1-2. The minimum absolute atomic E-state index is 0.139. The number of halogens is 2. The number of sulfone groups is 2. The first-order valence-electron chi connectivity index (χ1n) is 14.1. The van der Waals surface area contributed by atoms with Crippen molar-refractivity contribution < 1.29 is 16.8 Å². The second-order valence-electron chi connectivity index (χ2n) is 11.2. The summed E-state index contributed by atoms with van der Waals surface area (Å²) in [7, 11) is -7.80. The Bertz CT molecular complexity index is 2240. The van der Waals surface area contributed by atoms with E-state index in [2.05, 4.69) is 24.3 Å². The largest absolute Gasteiger partial charge is 0.219 e. The maximum atomic E-state index is 13.9. The summed E-state index contributed by atoms with van der Waals surface area (Å²) < 4.78 is 55.8. The van der Waals surface area contributed by atoms with Crippen LogP contribution in [0, 0.1) is 0 Å². The summed E-state index contributed by atoms with van der Waals surface area (Å²) in [6.45, 7) is 0. The van der Waals surface area contributed by atoms with E-state index in [0.717, 1.165) is 44.5 Å². The first-order valence-corrected chi connectivity index (χ1v) is 17.9. The lowest BCUT2D eigenvalue weighted by molar-refractivity contribution is 0.594. The average molecular weight is 666 g/mol. The molecule has 8 heteroatoms. The van der Waals surface area contributed by atoms with E-state index in [1.54, 1.807) is 48.5 Å². The second-order valence-corrected chi connectivity index (χ2v) is 15.9. The van der Waals surface area contributed by atoms with Gasteiger partial charge in [-0.2, -0.15) is 0 Å². The third-order valence-corrected chi connectivity index (χ3v) is 12.9. The van der Waals surface area contributed by atoms with Crippen LogP contribution >= 0.6 is 23.2 Å². The molecular formula is C37H22Cl2O4S2. The Kier molecular flexibility index (Phi) is 6.22. The minimum Gasteiger partial charge on any atom is -0.219 e. The maximum Gasteiger partial charge on any atom is 0.206 e. The molecule has 2 aliphatic rings. The van der Waals surface area contributed by atoms with Crippen molar-refractivity contribution in [3.8, 4) is 22.3 Å². The molecule has 0 fully saturated rings. The van der Waals surface area contributed by atoms with Crippen LogP contribution in [0.3, 0.4) is 0 Å². The van der Waals surface area contributed by atoms with Crippen LogP contribution in [-0.2, 0) is 25.1 Å². The fourth-order valence-electron chi connectivity index (χ4n) is 6.93. The standard InChI is InChI=1S/C37H22Cl2O4S2/c38-23-9-13-25(14-10-23)44(40,41)27-17-19-31-32-20-18-28(45(42,43)26-15-11-24(39)12-16-26)22-36(32)37(35(31)21-27)33-7-3-1-5-29(33)30-6-2-4-8-34(30)37/h1-22H. The van der Waals surface area contributed by atoms with Crippen LogP contribution < -0.4 is 0 Å². The fourth-order valence-corrected chi connectivity index (χ4v) is 9.76. The van der Waals surface area contributed by atoms with Gasteiger partial charge in [-0.1, -0.05) is 83.9 Å². The summed E-state index contributed by atoms with van der Waals surface area (Å²) in [4.78, 5) is 0.568. The predicted molar refractivity (Wildman–Crippen MR) is 177 cm³/mol. The first kappa shape index (κ1) is 28.3. The number of fused-ring (bicyclic) bond motifs is 10. The molecule has 8 rings (SSSR count). The topological polar surface area (TPSA) is 68.3 Å². The lowest BCUT2D eigenvalue weighted by atomic mass is 9.70. The van der Waals surface area contributed by atoms with Gasteiger partial charge in [0.1, 0.15) is 0 Å². The molecule has 0 radical (unpaired) electrons. The van der Waals surface area contributed by atoms with Crippen LogP contribution in [0.4, 0.5) is 0 Å². The second kappa shape index (κ2) is 9.90. The molecule has 0 saturated carbocycles. The van der Waals surface area contributed by atoms with Gasteiger partial charge < -0.3 is 0 Å². The van der Waals surface area contributed by atoms with E-state index in [9.17, 15) is 16.8 Å². The van der Waals surface area contributed by atoms with Crippen LogP contribution in [0.1, 0.15) is 22.3 Å². The van der Waals surface area contributed by atoms with E-state index < -0.39 is 25.1 Å². The summed E-state index contributed by atoms with van der Waals surface area (Å²) in [5.41, 5.74) is 6.28. The van der Waals surface area contributed by atoms with Crippen LogP contribution in [0.2, 0.25) is 10.0 Å². The van der Waals surface area contributed by atoms with Gasteiger partial charge in [0.25, 0.3) is 0 Å². The Labute approximate surface area is 271 Å². The van der Waals surface area contributed by atoms with Gasteiger partial charge in [-0.3, -0.25) is 0 Å². The van der Waals surface area contributed by atoms with Crippen LogP contribution in [-0.4, -0.2) is 16.8 Å². The van der Waals surface area contributed by atoms with E-state index in [-0.39, 0.29) is 19.6 Å². The van der Waals surface area contributed by atoms with Gasteiger partial charge in [-0.25, -0.2) is 16.8 Å². The van der Waals surface area contributed by atoms with E-state index >= 15 is 0 Å². The molecule has 0 amide bonds. The molecule has 6 aromatic rings. The molecule has 0 unspecified atom stereocenters. The molecule has 0 aromatic heterocycles. The molecule has 45 heavy (non-hydrogen) atoms. The molecule has 2 aliphatic carbocycles. The van der Waals surface area contributed by atoms with Crippen molar-refractivity contribution in [2.75, 3.05) is 0 Å².